The van der Waals surface area contributed by atoms with Gasteiger partial charge in [0.1, 0.15) is 0 Å². The van der Waals surface area contributed by atoms with Crippen molar-refractivity contribution in [2.24, 2.45) is 0 Å². The highest BCUT2D eigenvalue weighted by Crippen LogP contribution is 2.52. The fourth-order valence-electron chi connectivity index (χ4n) is 10.2. The highest BCUT2D eigenvalue weighted by Gasteiger charge is 2.43. The minimum Gasteiger partial charge on any atom is -0.309 e. The molecular weight excluding hydrogens is 727 g/mol. The van der Waals surface area contributed by atoms with Crippen LogP contribution in [0.4, 0.5) is 0 Å². The van der Waals surface area contributed by atoms with Crippen LogP contribution < -0.4 is 0 Å². The molecule has 0 saturated heterocycles. The summed E-state index contributed by atoms with van der Waals surface area (Å²) in [6.07, 6.45) is 16.6. The monoisotopic (exact) mass is 767 g/mol. The number of rotatable bonds is 5. The Balaban J connectivity index is 0.809. The van der Waals surface area contributed by atoms with Gasteiger partial charge >= 0.3 is 0 Å². The van der Waals surface area contributed by atoms with E-state index in [0.29, 0.717) is 0 Å². The fourth-order valence-corrected chi connectivity index (χ4v) is 10.2. The number of hydrogen-bond donors (Lipinski definition) is 0. The van der Waals surface area contributed by atoms with E-state index in [1.54, 1.807) is 0 Å². The van der Waals surface area contributed by atoms with Crippen LogP contribution in [0.1, 0.15) is 46.8 Å². The molecule has 0 spiro atoms. The maximum Gasteiger partial charge on any atom is 0.0930 e. The predicted octanol–water partition coefficient (Wildman–Crippen LogP) is 14.1. The maximum absolute atomic E-state index is 5.32. The molecule has 0 fully saturated rings. The molecule has 60 heavy (non-hydrogen) atoms. The van der Waals surface area contributed by atoms with Crippen LogP contribution in [0.15, 0.2) is 200 Å². The lowest BCUT2D eigenvalue weighted by molar-refractivity contribution is 0.501. The number of nitrogens with zero attached hydrogens (tertiary/aromatic N) is 3. The van der Waals surface area contributed by atoms with Gasteiger partial charge in [-0.05, 0) is 75.9 Å². The van der Waals surface area contributed by atoms with Gasteiger partial charge in [0.05, 0.1) is 34.5 Å². The summed E-state index contributed by atoms with van der Waals surface area (Å²) in [5, 5.41) is 3.86. The van der Waals surface area contributed by atoms with Crippen molar-refractivity contribution in [3.8, 4) is 50.5 Å². The zero-order chi connectivity index (χ0) is 39.8. The Morgan fingerprint density at radius 1 is 0.617 bits per heavy atom. The van der Waals surface area contributed by atoms with E-state index in [0.717, 1.165) is 29.1 Å². The molecule has 0 saturated carbocycles. The normalized spacial score (nSPS) is 18.6. The van der Waals surface area contributed by atoms with Crippen molar-refractivity contribution in [1.29, 1.82) is 0 Å². The number of fused-ring (bicyclic) bond motifs is 10. The molecule has 284 valence electrons. The minimum atomic E-state index is -0.250. The first-order chi connectivity index (χ1) is 29.6. The van der Waals surface area contributed by atoms with E-state index < -0.39 is 0 Å². The van der Waals surface area contributed by atoms with Crippen molar-refractivity contribution < 1.29 is 0 Å². The van der Waals surface area contributed by atoms with Crippen LogP contribution in [-0.4, -0.2) is 14.5 Å². The van der Waals surface area contributed by atoms with Crippen molar-refractivity contribution in [2.45, 2.75) is 30.6 Å². The summed E-state index contributed by atoms with van der Waals surface area (Å²) in [4.78, 5) is 10.4. The van der Waals surface area contributed by atoms with Gasteiger partial charge in [-0.1, -0.05) is 182 Å². The van der Waals surface area contributed by atoms with Crippen LogP contribution in [-0.2, 0) is 11.8 Å². The number of allylic oxidation sites excluding steroid dienone is 5. The van der Waals surface area contributed by atoms with E-state index >= 15 is 0 Å². The molecule has 9 aromatic rings. The zero-order valence-electron chi connectivity index (χ0n) is 33.3. The molecule has 7 aromatic carbocycles. The van der Waals surface area contributed by atoms with Gasteiger partial charge in [-0.2, -0.15) is 0 Å². The fraction of sp³-hybridized carbons (Fsp3) is 0.0877. The summed E-state index contributed by atoms with van der Waals surface area (Å²) >= 11 is 0. The lowest BCUT2D eigenvalue weighted by Gasteiger charge is -2.40. The van der Waals surface area contributed by atoms with Crippen LogP contribution in [0.25, 0.3) is 78.2 Å². The van der Waals surface area contributed by atoms with E-state index in [9.17, 15) is 0 Å². The molecule has 12 rings (SSSR count). The molecule has 0 radical (unpaired) electrons. The maximum atomic E-state index is 5.32. The van der Waals surface area contributed by atoms with Crippen molar-refractivity contribution >= 4 is 27.8 Å². The number of hydrogen-bond acceptors (Lipinski definition) is 2. The van der Waals surface area contributed by atoms with Gasteiger partial charge in [-0.25, -0.2) is 4.98 Å². The third kappa shape index (κ3) is 5.43. The Bertz CT molecular complexity index is 3250. The van der Waals surface area contributed by atoms with Gasteiger partial charge in [0.2, 0.25) is 0 Å². The van der Waals surface area contributed by atoms with Crippen LogP contribution in [0.2, 0.25) is 0 Å². The Morgan fingerprint density at radius 2 is 1.32 bits per heavy atom. The highest BCUT2D eigenvalue weighted by molar-refractivity contribution is 5.97. The Labute approximate surface area is 350 Å². The quantitative estimate of drug-likeness (QED) is 0.175. The Hall–Kier alpha value is -7.36. The van der Waals surface area contributed by atoms with Crippen molar-refractivity contribution in [1.82, 2.24) is 14.5 Å². The van der Waals surface area contributed by atoms with E-state index in [2.05, 4.69) is 212 Å². The molecule has 2 aromatic heterocycles. The largest absolute Gasteiger partial charge is 0.309 e. The standard InChI is InChI=1S/C57H41N3/c1-57-33-9-8-20-50(57)46-17-4-5-19-48(46)55-56(57)59-51(36-58-55)41-29-27-38(28-30-41)37-23-25-39(26-24-37)42-14-10-15-43(34-42)44-31-32-54-49(35-44)47-18-6-7-21-53(47)60(54)52-22-11-13-40-12-2-3-16-45(40)52/h2-34,36,44,50H,35H2,1H3. The summed E-state index contributed by atoms with van der Waals surface area (Å²) in [5.74, 6) is 0.523. The number of aromatic nitrogens is 3. The van der Waals surface area contributed by atoms with Crippen LogP contribution >= 0.6 is 0 Å². The molecular formula is C57H41N3. The summed E-state index contributed by atoms with van der Waals surface area (Å²) in [6, 6.07) is 59.7. The molecule has 3 aliphatic carbocycles. The zero-order valence-corrected chi connectivity index (χ0v) is 33.3. The molecule has 0 aliphatic heterocycles. The smallest absolute Gasteiger partial charge is 0.0930 e. The Morgan fingerprint density at radius 3 is 2.17 bits per heavy atom. The third-order valence-electron chi connectivity index (χ3n) is 13.3. The summed E-state index contributed by atoms with van der Waals surface area (Å²) < 4.78 is 2.47. The first-order valence-electron chi connectivity index (χ1n) is 21.0. The summed E-state index contributed by atoms with van der Waals surface area (Å²) in [6.45, 7) is 2.30. The van der Waals surface area contributed by atoms with Crippen LogP contribution in [0.3, 0.4) is 0 Å². The van der Waals surface area contributed by atoms with E-state index in [4.69, 9.17) is 9.97 Å². The summed E-state index contributed by atoms with van der Waals surface area (Å²) in [7, 11) is 0. The average molecular weight is 768 g/mol. The average Bonchev–Trinajstić information content (AvgIpc) is 3.65. The molecule has 3 heteroatoms. The van der Waals surface area contributed by atoms with E-state index in [1.165, 1.54) is 77.6 Å². The molecule has 3 aliphatic rings. The van der Waals surface area contributed by atoms with Crippen LogP contribution in [0, 0.1) is 0 Å². The molecule has 3 unspecified atom stereocenters. The van der Waals surface area contributed by atoms with Gasteiger partial charge in [-0.3, -0.25) is 4.98 Å². The lowest BCUT2D eigenvalue weighted by Crippen LogP contribution is -2.34. The van der Waals surface area contributed by atoms with Crippen molar-refractivity contribution in [3.05, 3.63) is 228 Å². The first kappa shape index (κ1) is 34.7. The predicted molar refractivity (Wildman–Crippen MR) is 248 cm³/mol. The summed E-state index contributed by atoms with van der Waals surface area (Å²) in [5.41, 5.74) is 17.6. The number of benzene rings is 7. The minimum absolute atomic E-state index is 0.233. The molecule has 2 heterocycles. The van der Waals surface area contributed by atoms with Gasteiger partial charge < -0.3 is 4.57 Å². The van der Waals surface area contributed by atoms with Gasteiger partial charge in [0, 0.05) is 44.8 Å². The number of para-hydroxylation sites is 1. The third-order valence-corrected chi connectivity index (χ3v) is 13.3. The van der Waals surface area contributed by atoms with E-state index in [-0.39, 0.29) is 17.3 Å². The SMILES string of the molecule is CC12C=CC=CC1c1ccccc1-c1ncc(-c3ccc(-c4ccc(-c5cccc(C6C=Cc7c(c8ccccc8n7-c7cccc8ccccc78)C6)c5)cc4)cc3)nc12. The second kappa shape index (κ2) is 13.6. The van der Waals surface area contributed by atoms with Crippen molar-refractivity contribution in [3.63, 3.8) is 0 Å². The van der Waals surface area contributed by atoms with Crippen LogP contribution in [0.5, 0.6) is 0 Å². The van der Waals surface area contributed by atoms with Gasteiger partial charge in [0.25, 0.3) is 0 Å². The molecule has 0 amide bonds. The van der Waals surface area contributed by atoms with E-state index in [1.807, 2.05) is 6.20 Å². The second-order valence-corrected chi connectivity index (χ2v) is 16.7. The molecule has 0 N–H and O–H groups in total. The molecule has 3 nitrogen and oxygen atoms in total. The molecule has 3 atom stereocenters. The first-order valence-corrected chi connectivity index (χ1v) is 21.0. The topological polar surface area (TPSA) is 30.7 Å². The molecule has 0 bridgehead atoms. The second-order valence-electron chi connectivity index (χ2n) is 16.7. The van der Waals surface area contributed by atoms with Gasteiger partial charge in [0.15, 0.2) is 0 Å². The van der Waals surface area contributed by atoms with Crippen molar-refractivity contribution in [2.75, 3.05) is 0 Å². The van der Waals surface area contributed by atoms with Gasteiger partial charge in [-0.15, -0.1) is 0 Å². The Kier molecular flexibility index (Phi) is 7.86. The highest BCUT2D eigenvalue weighted by atomic mass is 15.0. The lowest BCUT2D eigenvalue weighted by atomic mass is 9.63.